The Hall–Kier alpha value is -6.53. The van der Waals surface area contributed by atoms with E-state index in [0.29, 0.717) is 0 Å². The number of rotatable bonds is 2. The van der Waals surface area contributed by atoms with Gasteiger partial charge in [0, 0.05) is 78.3 Å². The summed E-state index contributed by atoms with van der Waals surface area (Å²) in [6.07, 6.45) is 0. The lowest BCUT2D eigenvalue weighted by atomic mass is 9.97. The van der Waals surface area contributed by atoms with Crippen LogP contribution in [0.3, 0.4) is 0 Å². The number of hydrogen-bond acceptors (Lipinski definition) is 3. The number of hydrogen-bond donors (Lipinski definition) is 0. The molecule has 0 radical (unpaired) electrons. The Bertz CT molecular complexity index is 3820. The van der Waals surface area contributed by atoms with Crippen molar-refractivity contribution in [3.05, 3.63) is 168 Å². The molecule has 3 nitrogen and oxygen atoms in total. The van der Waals surface area contributed by atoms with E-state index in [1.807, 2.05) is 45.3 Å². The van der Waals surface area contributed by atoms with Crippen LogP contribution >= 0.6 is 22.7 Å². The maximum absolute atomic E-state index is 14.0. The molecule has 54 heavy (non-hydrogen) atoms. The Morgan fingerprint density at radius 3 is 1.93 bits per heavy atom. The highest BCUT2D eigenvalue weighted by molar-refractivity contribution is 7.26. The molecule has 13 aromatic rings. The molecular formula is C49H26N2OS2. The van der Waals surface area contributed by atoms with Gasteiger partial charge in [-0.25, -0.2) is 0 Å². The molecule has 0 saturated carbocycles. The molecule has 0 unspecified atom stereocenters. The van der Waals surface area contributed by atoms with Crippen LogP contribution in [0, 0.1) is 0 Å². The van der Waals surface area contributed by atoms with Gasteiger partial charge in [-0.15, -0.1) is 22.7 Å². The van der Waals surface area contributed by atoms with Crippen LogP contribution in [-0.2, 0) is 0 Å². The van der Waals surface area contributed by atoms with Gasteiger partial charge in [0.2, 0.25) is 0 Å². The molecule has 0 atom stereocenters. The molecular weight excluding hydrogens is 697 g/mol. The first-order chi connectivity index (χ1) is 26.7. The Labute approximate surface area is 315 Å². The van der Waals surface area contributed by atoms with Gasteiger partial charge in [-0.1, -0.05) is 91.0 Å². The first-order valence-corrected chi connectivity index (χ1v) is 19.9. The fourth-order valence-corrected chi connectivity index (χ4v) is 11.7. The van der Waals surface area contributed by atoms with E-state index in [0.717, 1.165) is 49.2 Å². The summed E-state index contributed by atoms with van der Waals surface area (Å²) in [5.74, 6) is 0. The van der Waals surface area contributed by atoms with Crippen molar-refractivity contribution in [2.75, 3.05) is 0 Å². The largest absolute Gasteiger partial charge is 0.309 e. The summed E-state index contributed by atoms with van der Waals surface area (Å²) in [4.78, 5) is 14.0. The lowest BCUT2D eigenvalue weighted by Gasteiger charge is -2.10. The predicted octanol–water partition coefficient (Wildman–Crippen LogP) is 13.7. The van der Waals surface area contributed by atoms with Gasteiger partial charge in [-0.3, -0.25) is 9.20 Å². The molecule has 5 heteroatoms. The average molecular weight is 723 g/mol. The summed E-state index contributed by atoms with van der Waals surface area (Å²) in [6.45, 7) is 0. The minimum Gasteiger partial charge on any atom is -0.309 e. The van der Waals surface area contributed by atoms with Crippen molar-refractivity contribution in [3.8, 4) is 16.8 Å². The minimum atomic E-state index is 0.0356. The van der Waals surface area contributed by atoms with E-state index in [-0.39, 0.29) is 5.56 Å². The van der Waals surface area contributed by atoms with E-state index in [1.165, 1.54) is 67.7 Å². The number of benzene rings is 8. The maximum Gasteiger partial charge on any atom is 0.263 e. The van der Waals surface area contributed by atoms with Gasteiger partial charge in [-0.2, -0.15) is 0 Å². The quantitative estimate of drug-likeness (QED) is 0.163. The van der Waals surface area contributed by atoms with Gasteiger partial charge in [0.15, 0.2) is 0 Å². The normalized spacial score (nSPS) is 12.5. The SMILES string of the molecule is O=c1c2ccccc2c2cccc3c4cc(-c5cccc6sc7ccc(-n8c9ccccc9c9c%10c(ccc98)sc8ccccc8%10)cc7c56)ccc4n1c23. The van der Waals surface area contributed by atoms with E-state index < -0.39 is 0 Å². The highest BCUT2D eigenvalue weighted by Crippen LogP contribution is 2.46. The molecule has 0 N–H and O–H groups in total. The van der Waals surface area contributed by atoms with Crippen LogP contribution in [0.2, 0.25) is 0 Å². The highest BCUT2D eigenvalue weighted by atomic mass is 32.1. The maximum atomic E-state index is 14.0. The van der Waals surface area contributed by atoms with Crippen LogP contribution in [0.5, 0.6) is 0 Å². The fourth-order valence-electron chi connectivity index (χ4n) is 9.44. The Morgan fingerprint density at radius 1 is 0.389 bits per heavy atom. The molecule has 0 amide bonds. The zero-order valence-corrected chi connectivity index (χ0v) is 30.3. The third kappa shape index (κ3) is 3.63. The minimum absolute atomic E-state index is 0.0356. The van der Waals surface area contributed by atoms with Crippen molar-refractivity contribution >= 4 is 123 Å². The summed E-state index contributed by atoms with van der Waals surface area (Å²) in [7, 11) is 0. The van der Waals surface area contributed by atoms with Crippen molar-refractivity contribution in [1.82, 2.24) is 8.97 Å². The molecule has 0 spiro atoms. The van der Waals surface area contributed by atoms with Crippen LogP contribution in [0.4, 0.5) is 0 Å². The lowest BCUT2D eigenvalue weighted by molar-refractivity contribution is 1.19. The summed E-state index contributed by atoms with van der Waals surface area (Å²) in [5.41, 5.74) is 7.92. The van der Waals surface area contributed by atoms with Gasteiger partial charge in [0.05, 0.1) is 22.1 Å². The topological polar surface area (TPSA) is 26.4 Å². The monoisotopic (exact) mass is 722 g/mol. The molecule has 0 aliphatic heterocycles. The molecule has 5 heterocycles. The van der Waals surface area contributed by atoms with Gasteiger partial charge in [0.1, 0.15) is 0 Å². The van der Waals surface area contributed by atoms with E-state index in [2.05, 4.69) is 144 Å². The van der Waals surface area contributed by atoms with Crippen molar-refractivity contribution in [3.63, 3.8) is 0 Å². The van der Waals surface area contributed by atoms with Crippen LogP contribution in [-0.4, -0.2) is 8.97 Å². The second kappa shape index (κ2) is 10.3. The smallest absolute Gasteiger partial charge is 0.263 e. The van der Waals surface area contributed by atoms with E-state index >= 15 is 0 Å². The van der Waals surface area contributed by atoms with Crippen LogP contribution in [0.1, 0.15) is 0 Å². The van der Waals surface area contributed by atoms with E-state index in [4.69, 9.17) is 0 Å². The van der Waals surface area contributed by atoms with Gasteiger partial charge in [0.25, 0.3) is 5.56 Å². The number of fused-ring (bicyclic) bond motifs is 15. The average Bonchev–Trinajstić information content (AvgIpc) is 3.97. The number of pyridine rings is 1. The summed E-state index contributed by atoms with van der Waals surface area (Å²) >= 11 is 3.72. The molecule has 250 valence electrons. The first-order valence-electron chi connectivity index (χ1n) is 18.2. The predicted molar refractivity (Wildman–Crippen MR) is 233 cm³/mol. The Morgan fingerprint density at radius 2 is 1.04 bits per heavy atom. The summed E-state index contributed by atoms with van der Waals surface area (Å²) in [6, 6.07) is 57.0. The zero-order chi connectivity index (χ0) is 35.2. The molecule has 0 aliphatic rings. The zero-order valence-electron chi connectivity index (χ0n) is 28.6. The van der Waals surface area contributed by atoms with Crippen molar-refractivity contribution in [1.29, 1.82) is 0 Å². The number of aromatic nitrogens is 2. The van der Waals surface area contributed by atoms with Crippen molar-refractivity contribution < 1.29 is 0 Å². The standard InChI is InChI=1S/C49H26N2OS2/c52-49-33-10-2-1-9-30(33)31-14-7-15-32-36-25-27(19-21-39(36)51(49)48(31)32)29-13-8-18-43-45(29)37-26-28(20-23-42(37)54-43)50-38-16-5-3-11-34(38)46-40(50)22-24-44-47(46)35-12-4-6-17-41(35)53-44/h1-26H. The Balaban J connectivity index is 1.07. The third-order valence-electron chi connectivity index (χ3n) is 11.7. The summed E-state index contributed by atoms with van der Waals surface area (Å²) < 4.78 is 9.56. The number of nitrogens with zero attached hydrogens (tertiary/aromatic N) is 2. The Kier molecular flexibility index (Phi) is 5.54. The van der Waals surface area contributed by atoms with Gasteiger partial charge >= 0.3 is 0 Å². The van der Waals surface area contributed by atoms with Crippen LogP contribution in [0.25, 0.3) is 117 Å². The van der Waals surface area contributed by atoms with Crippen LogP contribution in [0.15, 0.2) is 163 Å². The van der Waals surface area contributed by atoms with E-state index in [1.54, 1.807) is 0 Å². The molecule has 0 bridgehead atoms. The van der Waals surface area contributed by atoms with Gasteiger partial charge < -0.3 is 4.57 Å². The second-order valence-corrected chi connectivity index (χ2v) is 16.5. The first kappa shape index (κ1) is 29.0. The fraction of sp³-hybridized carbons (Fsp3) is 0. The molecule has 0 saturated heterocycles. The molecule has 5 aromatic heterocycles. The molecule has 0 fully saturated rings. The highest BCUT2D eigenvalue weighted by Gasteiger charge is 2.21. The molecule has 13 rings (SSSR count). The van der Waals surface area contributed by atoms with Crippen LogP contribution < -0.4 is 5.56 Å². The lowest BCUT2D eigenvalue weighted by Crippen LogP contribution is -2.12. The van der Waals surface area contributed by atoms with Crippen molar-refractivity contribution in [2.24, 2.45) is 0 Å². The van der Waals surface area contributed by atoms with Crippen molar-refractivity contribution in [2.45, 2.75) is 0 Å². The molecule has 0 aliphatic carbocycles. The van der Waals surface area contributed by atoms with Gasteiger partial charge in [-0.05, 0) is 83.2 Å². The number of thiophene rings is 2. The third-order valence-corrected chi connectivity index (χ3v) is 13.9. The molecule has 8 aromatic carbocycles. The van der Waals surface area contributed by atoms with E-state index in [9.17, 15) is 4.79 Å². The summed E-state index contributed by atoms with van der Waals surface area (Å²) in [5, 5.41) is 12.8. The second-order valence-electron chi connectivity index (χ2n) is 14.4. The number of para-hydroxylation sites is 2.